The van der Waals surface area contributed by atoms with Gasteiger partial charge in [-0.2, -0.15) is 13.2 Å². The van der Waals surface area contributed by atoms with Gasteiger partial charge in [-0.1, -0.05) is 24.3 Å². The van der Waals surface area contributed by atoms with E-state index in [9.17, 15) is 18.0 Å². The molecule has 1 aromatic carbocycles. The number of halogens is 3. The second-order valence-electron chi connectivity index (χ2n) is 5.59. The smallest absolute Gasteiger partial charge is 0.420 e. The lowest BCUT2D eigenvalue weighted by Gasteiger charge is -2.18. The van der Waals surface area contributed by atoms with E-state index < -0.39 is 35.3 Å². The fraction of sp³-hybridized carbons (Fsp3) is 0.312. The first-order chi connectivity index (χ1) is 10.8. The lowest BCUT2D eigenvalue weighted by molar-refractivity contribution is -0.138. The van der Waals surface area contributed by atoms with E-state index >= 15 is 0 Å². The number of hydrogen-bond acceptors (Lipinski definition) is 3. The summed E-state index contributed by atoms with van der Waals surface area (Å²) in [5, 5.41) is 2.61. The zero-order valence-electron chi connectivity index (χ0n) is 12.3. The Labute approximate surface area is 130 Å². The molecule has 1 aromatic heterocycles. The predicted molar refractivity (Wildman–Crippen MR) is 76.8 cm³/mol. The first kappa shape index (κ1) is 15.6. The summed E-state index contributed by atoms with van der Waals surface area (Å²) >= 11 is 0. The van der Waals surface area contributed by atoms with Crippen molar-refractivity contribution in [2.24, 2.45) is 5.73 Å². The normalized spacial score (nSPS) is 20.4. The third kappa shape index (κ3) is 2.72. The molecule has 1 aliphatic rings. The number of carbonyl (C=O) groups is 1. The minimum atomic E-state index is -4.65. The summed E-state index contributed by atoms with van der Waals surface area (Å²) in [5.41, 5.74) is 6.43. The fourth-order valence-corrected chi connectivity index (χ4v) is 2.95. The molecule has 23 heavy (non-hydrogen) atoms. The molecular weight excluding hydrogens is 309 g/mol. The van der Waals surface area contributed by atoms with Crippen LogP contribution >= 0.6 is 0 Å². The number of furan rings is 1. The first-order valence-corrected chi connectivity index (χ1v) is 7.08. The van der Waals surface area contributed by atoms with Crippen LogP contribution in [-0.4, -0.2) is 11.9 Å². The van der Waals surface area contributed by atoms with Gasteiger partial charge in [-0.25, -0.2) is 0 Å². The van der Waals surface area contributed by atoms with Crippen LogP contribution < -0.4 is 11.1 Å². The average molecular weight is 324 g/mol. The van der Waals surface area contributed by atoms with Crippen LogP contribution in [0.3, 0.4) is 0 Å². The van der Waals surface area contributed by atoms with Crippen molar-refractivity contribution in [1.29, 1.82) is 0 Å². The predicted octanol–water partition coefficient (Wildman–Crippen LogP) is 2.96. The summed E-state index contributed by atoms with van der Waals surface area (Å²) < 4.78 is 43.7. The van der Waals surface area contributed by atoms with E-state index in [-0.39, 0.29) is 5.76 Å². The van der Waals surface area contributed by atoms with Gasteiger partial charge < -0.3 is 15.5 Å². The minimum Gasteiger partial charge on any atom is -0.468 e. The SMILES string of the molecule is Cc1occ(C(F)(F)F)c1C(=O)N[C@@H]1Cc2ccccc2[C@H]1N. The van der Waals surface area contributed by atoms with Gasteiger partial charge in [0.1, 0.15) is 17.6 Å². The van der Waals surface area contributed by atoms with E-state index in [4.69, 9.17) is 10.2 Å². The largest absolute Gasteiger partial charge is 0.468 e. The van der Waals surface area contributed by atoms with Crippen LogP contribution in [0.1, 0.15) is 38.9 Å². The van der Waals surface area contributed by atoms with Gasteiger partial charge in [0, 0.05) is 0 Å². The molecule has 0 saturated carbocycles. The first-order valence-electron chi connectivity index (χ1n) is 7.08. The molecule has 122 valence electrons. The molecule has 4 nitrogen and oxygen atoms in total. The molecule has 2 atom stereocenters. The molecule has 3 rings (SSSR count). The Balaban J connectivity index is 1.83. The van der Waals surface area contributed by atoms with E-state index in [1.165, 1.54) is 6.92 Å². The monoisotopic (exact) mass is 324 g/mol. The summed E-state index contributed by atoms with van der Waals surface area (Å²) in [6.07, 6.45) is -3.60. The Morgan fingerprint density at radius 2 is 2.04 bits per heavy atom. The van der Waals surface area contributed by atoms with Crippen LogP contribution in [0.25, 0.3) is 0 Å². The summed E-state index contributed by atoms with van der Waals surface area (Å²) in [7, 11) is 0. The summed E-state index contributed by atoms with van der Waals surface area (Å²) in [4.78, 5) is 12.3. The number of fused-ring (bicyclic) bond motifs is 1. The van der Waals surface area contributed by atoms with Gasteiger partial charge in [0.15, 0.2) is 0 Å². The Morgan fingerprint density at radius 3 is 2.70 bits per heavy atom. The van der Waals surface area contributed by atoms with Gasteiger partial charge in [-0.15, -0.1) is 0 Å². The molecule has 1 amide bonds. The van der Waals surface area contributed by atoms with Crippen molar-refractivity contribution in [3.05, 3.63) is 58.5 Å². The highest BCUT2D eigenvalue weighted by Crippen LogP contribution is 2.35. The van der Waals surface area contributed by atoms with Crippen molar-refractivity contribution in [3.8, 4) is 0 Å². The zero-order valence-corrected chi connectivity index (χ0v) is 12.3. The van der Waals surface area contributed by atoms with Crippen LogP contribution in [0.4, 0.5) is 13.2 Å². The molecule has 0 spiro atoms. The molecule has 2 aromatic rings. The maximum Gasteiger partial charge on any atom is 0.420 e. The molecule has 0 aliphatic heterocycles. The van der Waals surface area contributed by atoms with E-state index in [0.29, 0.717) is 12.7 Å². The molecule has 7 heteroatoms. The highest BCUT2D eigenvalue weighted by molar-refractivity contribution is 5.97. The number of amides is 1. The van der Waals surface area contributed by atoms with Crippen LogP contribution in [0, 0.1) is 6.92 Å². The summed E-state index contributed by atoms with van der Waals surface area (Å²) in [5.74, 6) is -0.893. The molecule has 1 aliphatic carbocycles. The topological polar surface area (TPSA) is 68.3 Å². The van der Waals surface area contributed by atoms with E-state index in [1.807, 2.05) is 24.3 Å². The van der Waals surface area contributed by atoms with E-state index in [2.05, 4.69) is 5.32 Å². The number of hydrogen-bond donors (Lipinski definition) is 2. The second kappa shape index (κ2) is 5.42. The molecule has 0 unspecified atom stereocenters. The fourth-order valence-electron chi connectivity index (χ4n) is 2.95. The van der Waals surface area contributed by atoms with Crippen LogP contribution in [0.5, 0.6) is 0 Å². The van der Waals surface area contributed by atoms with Gasteiger partial charge >= 0.3 is 6.18 Å². The van der Waals surface area contributed by atoms with Gasteiger partial charge in [0.2, 0.25) is 0 Å². The number of alkyl halides is 3. The molecule has 3 N–H and O–H groups in total. The van der Waals surface area contributed by atoms with Crippen LogP contribution in [0.15, 0.2) is 34.9 Å². The number of nitrogens with one attached hydrogen (secondary N) is 1. The lowest BCUT2D eigenvalue weighted by atomic mass is 10.1. The van der Waals surface area contributed by atoms with Gasteiger partial charge in [0.25, 0.3) is 5.91 Å². The van der Waals surface area contributed by atoms with Crippen LogP contribution in [0.2, 0.25) is 0 Å². The molecule has 0 bridgehead atoms. The molecule has 0 radical (unpaired) electrons. The molecule has 0 saturated heterocycles. The Bertz CT molecular complexity index is 752. The Kier molecular flexibility index (Phi) is 3.68. The summed E-state index contributed by atoms with van der Waals surface area (Å²) in [6.45, 7) is 1.33. The highest BCUT2D eigenvalue weighted by Gasteiger charge is 2.40. The Hall–Kier alpha value is -2.28. The average Bonchev–Trinajstić information content (AvgIpc) is 3.01. The van der Waals surface area contributed by atoms with E-state index in [1.54, 1.807) is 0 Å². The van der Waals surface area contributed by atoms with Crippen molar-refractivity contribution in [1.82, 2.24) is 5.32 Å². The quantitative estimate of drug-likeness (QED) is 0.892. The third-order valence-electron chi connectivity index (χ3n) is 4.11. The minimum absolute atomic E-state index is 0.0705. The van der Waals surface area contributed by atoms with Crippen LogP contribution in [-0.2, 0) is 12.6 Å². The van der Waals surface area contributed by atoms with Crippen molar-refractivity contribution in [2.45, 2.75) is 31.6 Å². The highest BCUT2D eigenvalue weighted by atomic mass is 19.4. The second-order valence-corrected chi connectivity index (χ2v) is 5.59. The van der Waals surface area contributed by atoms with Gasteiger partial charge in [-0.05, 0) is 24.5 Å². The maximum atomic E-state index is 13.0. The number of nitrogens with two attached hydrogens (primary N) is 1. The molecule has 0 fully saturated rings. The number of aryl methyl sites for hydroxylation is 1. The van der Waals surface area contributed by atoms with Gasteiger partial charge in [-0.3, -0.25) is 4.79 Å². The maximum absolute atomic E-state index is 13.0. The van der Waals surface area contributed by atoms with Gasteiger partial charge in [0.05, 0.1) is 17.6 Å². The summed E-state index contributed by atoms with van der Waals surface area (Å²) in [6, 6.07) is 6.55. The third-order valence-corrected chi connectivity index (χ3v) is 4.11. The van der Waals surface area contributed by atoms with Crippen molar-refractivity contribution in [3.63, 3.8) is 0 Å². The number of rotatable bonds is 2. The Morgan fingerprint density at radius 1 is 1.35 bits per heavy atom. The van der Waals surface area contributed by atoms with Crippen molar-refractivity contribution < 1.29 is 22.4 Å². The number of benzene rings is 1. The van der Waals surface area contributed by atoms with E-state index in [0.717, 1.165) is 11.1 Å². The van der Waals surface area contributed by atoms with Crippen molar-refractivity contribution >= 4 is 5.91 Å². The zero-order chi connectivity index (χ0) is 16.8. The molecule has 1 heterocycles. The standard InChI is InChI=1S/C16H15F3N2O2/c1-8-13(11(7-23-8)16(17,18)19)15(22)21-12-6-9-4-2-3-5-10(9)14(12)20/h2-5,7,12,14H,6,20H2,1H3,(H,21,22)/t12-,14-/m1/s1. The molecular formula is C16H15F3N2O2. The van der Waals surface area contributed by atoms with Crippen molar-refractivity contribution in [2.75, 3.05) is 0 Å². The number of carbonyl (C=O) groups excluding carboxylic acids is 1. The lowest BCUT2D eigenvalue weighted by Crippen LogP contribution is -2.41.